The number of aliphatic imine (C=N–C) groups is 1. The minimum atomic E-state index is -1.20. The topological polar surface area (TPSA) is 129 Å². The molecule has 0 unspecified atom stereocenters. The number of fused-ring (bicyclic) bond motifs is 1. The zero-order valence-electron chi connectivity index (χ0n) is 27.7. The maximum Gasteiger partial charge on any atom is 0.424 e. The molecule has 250 valence electrons. The fourth-order valence-corrected chi connectivity index (χ4v) is 7.25. The van der Waals surface area contributed by atoms with E-state index in [1.54, 1.807) is 41.7 Å². The zero-order chi connectivity index (χ0) is 35.6. The summed E-state index contributed by atoms with van der Waals surface area (Å²) in [5.41, 5.74) is 6.62. The van der Waals surface area contributed by atoms with Gasteiger partial charge in [-0.05, 0) is 74.9 Å². The number of hydrogen-bond acceptors (Lipinski definition) is 11. The van der Waals surface area contributed by atoms with E-state index in [0.29, 0.717) is 27.2 Å². The van der Waals surface area contributed by atoms with E-state index in [2.05, 4.69) is 87.1 Å². The number of benzene rings is 4. The number of aromatic nitrogens is 2. The van der Waals surface area contributed by atoms with Gasteiger partial charge in [-0.25, -0.2) is 9.79 Å². The molecule has 1 aliphatic heterocycles. The Morgan fingerprint density at radius 2 is 1.47 bits per heavy atom. The van der Waals surface area contributed by atoms with Gasteiger partial charge in [-0.3, -0.25) is 9.59 Å². The van der Waals surface area contributed by atoms with Crippen LogP contribution in [-0.4, -0.2) is 37.3 Å². The van der Waals surface area contributed by atoms with Crippen LogP contribution in [0.1, 0.15) is 23.6 Å². The zero-order valence-corrected chi connectivity index (χ0v) is 29.3. The lowest BCUT2D eigenvalue weighted by molar-refractivity contribution is -0.136. The lowest BCUT2D eigenvalue weighted by atomic mass is 9.99. The third kappa shape index (κ3) is 6.43. The fraction of sp³-hybridized carbons (Fsp3) is 0.103. The smallest absolute Gasteiger partial charge is 0.424 e. The molecule has 0 N–H and O–H groups in total. The standard InChI is InChI=1S/C39H28N6O4S2/c1-23-9-13-27(14-10-23)44(28-15-11-24(2)12-16-28)33-20-19-32(50-33)29-17-18-31(36-35(29)42-51-43-36)41-34-25(3)30(21-40)37(46)45(38(34)47)39(48)49-22-26-7-5-4-6-8-26/h4-20H,22H2,1-3H3. The Morgan fingerprint density at radius 3 is 2.12 bits per heavy atom. The van der Waals surface area contributed by atoms with Crippen LogP contribution in [-0.2, 0) is 20.9 Å². The molecule has 7 rings (SSSR count). The molecule has 2 aromatic heterocycles. The van der Waals surface area contributed by atoms with Crippen molar-refractivity contribution in [2.24, 2.45) is 4.99 Å². The van der Waals surface area contributed by atoms with E-state index in [1.807, 2.05) is 24.3 Å². The van der Waals surface area contributed by atoms with Crippen molar-refractivity contribution in [3.05, 3.63) is 131 Å². The monoisotopic (exact) mass is 708 g/mol. The van der Waals surface area contributed by atoms with Gasteiger partial charge in [0.15, 0.2) is 0 Å². The molecule has 0 saturated carbocycles. The number of anilines is 3. The lowest BCUT2D eigenvalue weighted by Crippen LogP contribution is -2.50. The molecule has 0 saturated heterocycles. The van der Waals surface area contributed by atoms with Crippen LogP contribution >= 0.6 is 23.1 Å². The second-order valence-electron chi connectivity index (χ2n) is 11.8. The Hall–Kier alpha value is -6.29. The van der Waals surface area contributed by atoms with Crippen LogP contribution in [0.3, 0.4) is 0 Å². The molecule has 0 spiro atoms. The van der Waals surface area contributed by atoms with Crippen molar-refractivity contribution in [1.82, 2.24) is 13.6 Å². The first-order chi connectivity index (χ1) is 24.7. The number of rotatable bonds is 7. The van der Waals surface area contributed by atoms with Crippen LogP contribution in [0.25, 0.3) is 21.5 Å². The molecule has 0 radical (unpaired) electrons. The second kappa shape index (κ2) is 13.9. The van der Waals surface area contributed by atoms with Gasteiger partial charge in [0.1, 0.15) is 40.0 Å². The number of carbonyl (C=O) groups excluding carboxylic acids is 3. The number of imide groups is 3. The van der Waals surface area contributed by atoms with Gasteiger partial charge in [-0.2, -0.15) is 18.9 Å². The molecule has 0 fully saturated rings. The number of hydrogen-bond donors (Lipinski definition) is 0. The predicted octanol–water partition coefficient (Wildman–Crippen LogP) is 9.12. The molecule has 6 aromatic rings. The van der Waals surface area contributed by atoms with Crippen LogP contribution in [0.15, 0.2) is 119 Å². The van der Waals surface area contributed by atoms with Gasteiger partial charge in [-0.1, -0.05) is 65.7 Å². The summed E-state index contributed by atoms with van der Waals surface area (Å²) in [5, 5.41) is 10.8. The Bertz CT molecular complexity index is 2380. The second-order valence-corrected chi connectivity index (χ2v) is 13.4. The highest BCUT2D eigenvalue weighted by atomic mass is 32.1. The summed E-state index contributed by atoms with van der Waals surface area (Å²) in [4.78, 5) is 47.9. The highest BCUT2D eigenvalue weighted by Gasteiger charge is 2.42. The van der Waals surface area contributed by atoms with Gasteiger partial charge < -0.3 is 9.64 Å². The quantitative estimate of drug-likeness (QED) is 0.150. The van der Waals surface area contributed by atoms with Gasteiger partial charge in [-0.15, -0.1) is 11.3 Å². The van der Waals surface area contributed by atoms with E-state index in [-0.39, 0.29) is 23.5 Å². The van der Waals surface area contributed by atoms with Crippen molar-refractivity contribution in [2.75, 3.05) is 4.90 Å². The van der Waals surface area contributed by atoms with Crippen LogP contribution in [0, 0.1) is 25.2 Å². The minimum Gasteiger partial charge on any atom is -0.444 e. The van der Waals surface area contributed by atoms with Gasteiger partial charge in [0.05, 0.1) is 17.4 Å². The molecule has 12 heteroatoms. The maximum atomic E-state index is 13.7. The average molecular weight is 709 g/mol. The summed E-state index contributed by atoms with van der Waals surface area (Å²) in [6.45, 7) is 5.40. The van der Waals surface area contributed by atoms with Crippen LogP contribution in [0.2, 0.25) is 0 Å². The molecule has 0 bridgehead atoms. The highest BCUT2D eigenvalue weighted by molar-refractivity contribution is 7.19. The largest absolute Gasteiger partial charge is 0.444 e. The van der Waals surface area contributed by atoms with E-state index in [0.717, 1.165) is 38.5 Å². The SMILES string of the molecule is CC1=C(C#N)C(=O)N(C(=O)OCc2ccccc2)C(=O)C1=Nc1ccc(-c2ccc(N(c3ccc(C)cc3)c3ccc(C)cc3)s2)c2nsnc12. The Labute approximate surface area is 301 Å². The van der Waals surface area contributed by atoms with Crippen molar-refractivity contribution in [2.45, 2.75) is 27.4 Å². The normalized spacial score (nSPS) is 13.9. The average Bonchev–Trinajstić information content (AvgIpc) is 3.83. The minimum absolute atomic E-state index is 0.0511. The van der Waals surface area contributed by atoms with Crippen molar-refractivity contribution in [3.63, 3.8) is 0 Å². The molecule has 3 heterocycles. The Kier molecular flexibility index (Phi) is 9.06. The molecule has 1 aliphatic rings. The molecule has 0 aliphatic carbocycles. The third-order valence-corrected chi connectivity index (χ3v) is 9.97. The summed E-state index contributed by atoms with van der Waals surface area (Å²) in [5.74, 6) is -2.06. The van der Waals surface area contributed by atoms with Gasteiger partial charge in [0.2, 0.25) is 0 Å². The molecule has 3 amide bonds. The summed E-state index contributed by atoms with van der Waals surface area (Å²) in [6.07, 6.45) is -1.20. The van der Waals surface area contributed by atoms with Crippen molar-refractivity contribution in [3.8, 4) is 16.5 Å². The first kappa shape index (κ1) is 33.2. The third-order valence-electron chi connectivity index (χ3n) is 8.34. The summed E-state index contributed by atoms with van der Waals surface area (Å²) in [7, 11) is 0. The fourth-order valence-electron chi connectivity index (χ4n) is 5.61. The molecule has 0 atom stereocenters. The Balaban J connectivity index is 1.24. The summed E-state index contributed by atoms with van der Waals surface area (Å²) in [6, 6.07) is 35.1. The van der Waals surface area contributed by atoms with Crippen LogP contribution < -0.4 is 4.90 Å². The van der Waals surface area contributed by atoms with E-state index in [9.17, 15) is 19.6 Å². The van der Waals surface area contributed by atoms with E-state index in [4.69, 9.17) is 4.74 Å². The molecule has 10 nitrogen and oxygen atoms in total. The van der Waals surface area contributed by atoms with E-state index >= 15 is 0 Å². The number of nitrogens with zero attached hydrogens (tertiary/aromatic N) is 6. The molecule has 51 heavy (non-hydrogen) atoms. The maximum absolute atomic E-state index is 13.7. The molecular weight excluding hydrogens is 681 g/mol. The summed E-state index contributed by atoms with van der Waals surface area (Å²) < 4.78 is 14.4. The number of ether oxygens (including phenoxy) is 1. The predicted molar refractivity (Wildman–Crippen MR) is 199 cm³/mol. The Morgan fingerprint density at radius 1 is 0.824 bits per heavy atom. The van der Waals surface area contributed by atoms with Crippen molar-refractivity contribution < 1.29 is 19.1 Å². The van der Waals surface area contributed by atoms with Crippen LogP contribution in [0.5, 0.6) is 0 Å². The first-order valence-corrected chi connectivity index (χ1v) is 17.4. The summed E-state index contributed by atoms with van der Waals surface area (Å²) >= 11 is 2.60. The number of aryl methyl sites for hydroxylation is 2. The number of carbonyl (C=O) groups is 3. The first-order valence-electron chi connectivity index (χ1n) is 15.8. The van der Waals surface area contributed by atoms with E-state index < -0.39 is 17.9 Å². The highest BCUT2D eigenvalue weighted by Crippen LogP contribution is 2.44. The van der Waals surface area contributed by atoms with Crippen molar-refractivity contribution >= 4 is 79.8 Å². The molecule has 4 aromatic carbocycles. The number of thiophene rings is 1. The van der Waals surface area contributed by atoms with Gasteiger partial charge >= 0.3 is 6.09 Å². The van der Waals surface area contributed by atoms with Crippen LogP contribution in [0.4, 0.5) is 26.9 Å². The van der Waals surface area contributed by atoms with Gasteiger partial charge in [0, 0.05) is 27.4 Å². The lowest BCUT2D eigenvalue weighted by Gasteiger charge is -2.24. The van der Waals surface area contributed by atoms with Gasteiger partial charge in [0.25, 0.3) is 11.8 Å². The number of amides is 3. The van der Waals surface area contributed by atoms with E-state index in [1.165, 1.54) is 18.1 Å². The van der Waals surface area contributed by atoms with Crippen molar-refractivity contribution in [1.29, 1.82) is 5.26 Å². The molecular formula is C39H28N6O4S2. The number of nitriles is 1.